The van der Waals surface area contributed by atoms with E-state index < -0.39 is 0 Å². The van der Waals surface area contributed by atoms with Crippen molar-refractivity contribution in [3.8, 4) is 0 Å². The normalized spacial score (nSPS) is 34.8. The summed E-state index contributed by atoms with van der Waals surface area (Å²) in [5.41, 5.74) is 1.68. The lowest BCUT2D eigenvalue weighted by Gasteiger charge is -2.55. The molecule has 0 bridgehead atoms. The van der Waals surface area contributed by atoms with Gasteiger partial charge in [-0.05, 0) is 43.6 Å². The first-order valence-electron chi connectivity index (χ1n) is 10.3. The molecule has 1 aromatic rings. The fraction of sp³-hybridized carbons (Fsp3) is 0.682. The molecule has 2 N–H and O–H groups in total. The first-order chi connectivity index (χ1) is 12.6. The fourth-order valence-electron chi connectivity index (χ4n) is 5.42. The zero-order valence-electron chi connectivity index (χ0n) is 16.8. The average molecular weight is 483 g/mol. The van der Waals surface area contributed by atoms with E-state index >= 15 is 0 Å². The Kier molecular flexibility index (Phi) is 6.72. The highest BCUT2D eigenvalue weighted by molar-refractivity contribution is 14.0. The van der Waals surface area contributed by atoms with Gasteiger partial charge < -0.3 is 15.4 Å². The number of fused-ring (bicyclic) bond motifs is 1. The highest BCUT2D eigenvalue weighted by Crippen LogP contribution is 2.52. The molecule has 1 aliphatic heterocycles. The third-order valence-electron chi connectivity index (χ3n) is 6.96. The molecule has 150 valence electrons. The van der Waals surface area contributed by atoms with Crippen LogP contribution in [-0.4, -0.2) is 37.8 Å². The van der Waals surface area contributed by atoms with E-state index in [1.54, 1.807) is 0 Å². The van der Waals surface area contributed by atoms with Crippen molar-refractivity contribution < 1.29 is 4.74 Å². The van der Waals surface area contributed by atoms with Crippen LogP contribution >= 0.6 is 24.0 Å². The number of guanidine groups is 1. The summed E-state index contributed by atoms with van der Waals surface area (Å²) in [7, 11) is 1.89. The maximum atomic E-state index is 5.92. The Labute approximate surface area is 181 Å². The molecule has 1 heterocycles. The summed E-state index contributed by atoms with van der Waals surface area (Å²) in [4.78, 5) is 4.51. The Morgan fingerprint density at radius 3 is 2.41 bits per heavy atom. The van der Waals surface area contributed by atoms with Crippen molar-refractivity contribution in [1.82, 2.24) is 10.6 Å². The summed E-state index contributed by atoms with van der Waals surface area (Å²) in [6, 6.07) is 12.0. The molecule has 4 rings (SSSR count). The summed E-state index contributed by atoms with van der Waals surface area (Å²) in [5, 5.41) is 7.41. The van der Waals surface area contributed by atoms with Gasteiger partial charge >= 0.3 is 0 Å². The maximum Gasteiger partial charge on any atom is 0.191 e. The van der Waals surface area contributed by atoms with E-state index in [4.69, 9.17) is 4.74 Å². The molecule has 5 heteroatoms. The van der Waals surface area contributed by atoms with E-state index in [2.05, 4.69) is 59.8 Å². The number of nitrogens with one attached hydrogen (secondary N) is 2. The average Bonchev–Trinajstić information content (AvgIpc) is 3.13. The second kappa shape index (κ2) is 8.68. The predicted molar refractivity (Wildman–Crippen MR) is 122 cm³/mol. The second-order valence-corrected chi connectivity index (χ2v) is 8.86. The van der Waals surface area contributed by atoms with Gasteiger partial charge in [-0.25, -0.2) is 0 Å². The molecule has 2 saturated carbocycles. The van der Waals surface area contributed by atoms with Gasteiger partial charge in [0.05, 0.1) is 6.10 Å². The largest absolute Gasteiger partial charge is 0.377 e. The highest BCUT2D eigenvalue weighted by atomic mass is 127. The topological polar surface area (TPSA) is 45.7 Å². The number of halogens is 1. The molecule has 1 saturated heterocycles. The van der Waals surface area contributed by atoms with Crippen LogP contribution in [0.25, 0.3) is 0 Å². The van der Waals surface area contributed by atoms with Crippen LogP contribution in [-0.2, 0) is 4.74 Å². The number of aliphatic imine (C=N–C) groups is 1. The minimum absolute atomic E-state index is 0. The lowest BCUT2D eigenvalue weighted by atomic mass is 9.57. The molecular formula is C22H34IN3O. The van der Waals surface area contributed by atoms with Gasteiger partial charge in [-0.3, -0.25) is 4.99 Å². The van der Waals surface area contributed by atoms with Gasteiger partial charge in [0.1, 0.15) is 0 Å². The number of benzene rings is 1. The van der Waals surface area contributed by atoms with Crippen LogP contribution in [0.15, 0.2) is 35.3 Å². The third-order valence-corrected chi connectivity index (χ3v) is 6.96. The molecule has 1 aromatic carbocycles. The second-order valence-electron chi connectivity index (χ2n) is 8.86. The first-order valence-corrected chi connectivity index (χ1v) is 10.3. The molecule has 3 unspecified atom stereocenters. The minimum Gasteiger partial charge on any atom is -0.377 e. The number of hydrogen-bond acceptors (Lipinski definition) is 2. The Bertz CT molecular complexity index is 640. The monoisotopic (exact) mass is 483 g/mol. The van der Waals surface area contributed by atoms with E-state index in [-0.39, 0.29) is 29.4 Å². The van der Waals surface area contributed by atoms with Gasteiger partial charge in [0.25, 0.3) is 0 Å². The molecule has 3 fully saturated rings. The van der Waals surface area contributed by atoms with Crippen LogP contribution in [0.4, 0.5) is 0 Å². The molecule has 4 nitrogen and oxygen atoms in total. The zero-order chi connectivity index (χ0) is 18.1. The van der Waals surface area contributed by atoms with Crippen molar-refractivity contribution in [3.63, 3.8) is 0 Å². The number of rotatable bonds is 3. The van der Waals surface area contributed by atoms with Crippen LogP contribution < -0.4 is 10.6 Å². The van der Waals surface area contributed by atoms with Gasteiger partial charge in [-0.15, -0.1) is 24.0 Å². The summed E-state index contributed by atoms with van der Waals surface area (Å²) in [5.74, 6) is 2.32. The van der Waals surface area contributed by atoms with E-state index in [1.165, 1.54) is 37.7 Å². The van der Waals surface area contributed by atoms with E-state index in [1.807, 2.05) is 7.05 Å². The van der Waals surface area contributed by atoms with Gasteiger partial charge in [0, 0.05) is 37.1 Å². The van der Waals surface area contributed by atoms with E-state index in [9.17, 15) is 0 Å². The third kappa shape index (κ3) is 4.14. The van der Waals surface area contributed by atoms with Crippen molar-refractivity contribution in [2.24, 2.45) is 16.3 Å². The van der Waals surface area contributed by atoms with E-state index in [0.717, 1.165) is 12.6 Å². The first kappa shape index (κ1) is 20.9. The SMILES string of the molecule is CN=C(NC1CCC(c2ccccc2)CC1)NC1C2CCOC2C1(C)C.I. The van der Waals surface area contributed by atoms with Crippen LogP contribution in [0.5, 0.6) is 0 Å². The molecule has 0 amide bonds. The van der Waals surface area contributed by atoms with Crippen molar-refractivity contribution in [2.45, 2.75) is 70.1 Å². The van der Waals surface area contributed by atoms with Crippen molar-refractivity contribution in [1.29, 1.82) is 0 Å². The van der Waals surface area contributed by atoms with Crippen LogP contribution in [0, 0.1) is 11.3 Å². The predicted octanol–water partition coefficient (Wildman–Crippen LogP) is 4.31. The molecule has 0 spiro atoms. The Morgan fingerprint density at radius 1 is 1.04 bits per heavy atom. The Hall–Kier alpha value is -0.820. The minimum atomic E-state index is 0. The highest BCUT2D eigenvalue weighted by Gasteiger charge is 2.59. The van der Waals surface area contributed by atoms with Gasteiger partial charge in [-0.1, -0.05) is 44.2 Å². The summed E-state index contributed by atoms with van der Waals surface area (Å²) in [6.45, 7) is 5.54. The number of ether oxygens (including phenoxy) is 1. The lowest BCUT2D eigenvalue weighted by molar-refractivity contribution is -0.106. The van der Waals surface area contributed by atoms with Crippen molar-refractivity contribution in [2.75, 3.05) is 13.7 Å². The molecule has 3 aliphatic rings. The fourth-order valence-corrected chi connectivity index (χ4v) is 5.42. The van der Waals surface area contributed by atoms with Crippen molar-refractivity contribution >= 4 is 29.9 Å². The summed E-state index contributed by atoms with van der Waals surface area (Å²) in [6.07, 6.45) is 6.52. The molecule has 2 aliphatic carbocycles. The molecule has 0 aromatic heterocycles. The van der Waals surface area contributed by atoms with Gasteiger partial charge in [0.2, 0.25) is 0 Å². The molecule has 27 heavy (non-hydrogen) atoms. The Morgan fingerprint density at radius 2 is 1.74 bits per heavy atom. The molecule has 0 radical (unpaired) electrons. The van der Waals surface area contributed by atoms with Crippen LogP contribution in [0.2, 0.25) is 0 Å². The quantitative estimate of drug-likeness (QED) is 0.383. The van der Waals surface area contributed by atoms with Gasteiger partial charge in [-0.2, -0.15) is 0 Å². The number of hydrogen-bond donors (Lipinski definition) is 2. The summed E-state index contributed by atoms with van der Waals surface area (Å²) < 4.78 is 5.92. The number of nitrogens with zero attached hydrogens (tertiary/aromatic N) is 1. The summed E-state index contributed by atoms with van der Waals surface area (Å²) >= 11 is 0. The van der Waals surface area contributed by atoms with Crippen molar-refractivity contribution in [3.05, 3.63) is 35.9 Å². The maximum absolute atomic E-state index is 5.92. The smallest absolute Gasteiger partial charge is 0.191 e. The standard InChI is InChI=1S/C22H33N3O.HI/c1-22(2)19(18-13-14-26-20(18)22)25-21(23-3)24-17-11-9-16(10-12-17)15-7-5-4-6-8-15;/h4-8,16-20H,9-14H2,1-3H3,(H2,23,24,25);1H. The van der Waals surface area contributed by atoms with E-state index in [0.29, 0.717) is 30.0 Å². The molecular weight excluding hydrogens is 449 g/mol. The van der Waals surface area contributed by atoms with Gasteiger partial charge in [0.15, 0.2) is 5.96 Å². The van der Waals surface area contributed by atoms with Crippen LogP contribution in [0.1, 0.15) is 57.4 Å². The molecule has 3 atom stereocenters. The Balaban J connectivity index is 0.00000210. The van der Waals surface area contributed by atoms with Crippen LogP contribution in [0.3, 0.4) is 0 Å². The lowest BCUT2D eigenvalue weighted by Crippen LogP contribution is -2.68. The zero-order valence-corrected chi connectivity index (χ0v) is 19.1.